The maximum atomic E-state index is 12.0. The summed E-state index contributed by atoms with van der Waals surface area (Å²) in [5.74, 6) is -1.11. The molecule has 1 rings (SSSR count). The van der Waals surface area contributed by atoms with Gasteiger partial charge in [-0.15, -0.1) is 0 Å². The first kappa shape index (κ1) is 19.1. The topological polar surface area (TPSA) is 146 Å². The smallest absolute Gasteiger partial charge is 0.240 e. The van der Waals surface area contributed by atoms with E-state index in [4.69, 9.17) is 10.9 Å². The number of rotatable bonds is 8. The van der Waals surface area contributed by atoms with Crippen LogP contribution in [0.15, 0.2) is 24.3 Å². The molecule has 126 valence electrons. The lowest BCUT2D eigenvalue weighted by Gasteiger charge is -2.13. The average molecular weight is 343 g/mol. The lowest BCUT2D eigenvalue weighted by Crippen LogP contribution is -3.03. The van der Waals surface area contributed by atoms with Gasteiger partial charge in [0.2, 0.25) is 16.9 Å². The monoisotopic (exact) mass is 343 g/mol. The van der Waals surface area contributed by atoms with E-state index in [1.807, 2.05) is 0 Å². The van der Waals surface area contributed by atoms with E-state index in [2.05, 4.69) is 10.2 Å². The van der Waals surface area contributed by atoms with Crippen molar-refractivity contribution >= 4 is 28.7 Å². The maximum absolute atomic E-state index is 12.0. The summed E-state index contributed by atoms with van der Waals surface area (Å²) in [5, 5.41) is 19.4. The largest absolute Gasteiger partial charge is 0.566 e. The van der Waals surface area contributed by atoms with Gasteiger partial charge in [-0.1, -0.05) is 41.4 Å². The predicted octanol–water partition coefficient (Wildman–Crippen LogP) is -1.25. The van der Waals surface area contributed by atoms with E-state index >= 15 is 0 Å². The van der Waals surface area contributed by atoms with Crippen LogP contribution in [-0.4, -0.2) is 33.9 Å². The van der Waals surface area contributed by atoms with Crippen LogP contribution in [0.2, 0.25) is 0 Å². The molecule has 0 spiro atoms. The van der Waals surface area contributed by atoms with Crippen molar-refractivity contribution in [2.24, 2.45) is 5.73 Å². The van der Waals surface area contributed by atoms with Crippen LogP contribution in [0.1, 0.15) is 22.8 Å². The fraction of sp³-hybridized carbons (Fsp3) is 0.308. The Balaban J connectivity index is 2.56. The van der Waals surface area contributed by atoms with Gasteiger partial charge in [-0.2, -0.15) is 10.0 Å². The van der Waals surface area contributed by atoms with Crippen LogP contribution >= 0.6 is 11.8 Å². The maximum Gasteiger partial charge on any atom is 0.240 e. The predicted molar refractivity (Wildman–Crippen MR) is 80.9 cm³/mol. The van der Waals surface area contributed by atoms with Crippen LogP contribution in [0, 0.1) is 5.21 Å². The molecule has 0 heterocycles. The van der Waals surface area contributed by atoms with E-state index in [9.17, 15) is 19.6 Å². The van der Waals surface area contributed by atoms with E-state index in [-0.39, 0.29) is 17.5 Å². The Labute approximate surface area is 136 Å². The second kappa shape index (κ2) is 9.22. The van der Waals surface area contributed by atoms with Gasteiger partial charge in [0, 0.05) is 18.2 Å². The third-order valence-electron chi connectivity index (χ3n) is 2.65. The highest BCUT2D eigenvalue weighted by Gasteiger charge is 2.18. The summed E-state index contributed by atoms with van der Waals surface area (Å²) in [6, 6.07) is 5.25. The molecule has 0 radical (unpaired) electrons. The summed E-state index contributed by atoms with van der Waals surface area (Å²) in [6.07, 6.45) is 0. The van der Waals surface area contributed by atoms with Gasteiger partial charge >= 0.3 is 0 Å². The summed E-state index contributed by atoms with van der Waals surface area (Å²) in [7, 11) is 0. The molecule has 2 amide bonds. The van der Waals surface area contributed by atoms with Crippen LogP contribution in [0.3, 0.4) is 0 Å². The molecule has 0 aliphatic heterocycles. The Bertz CT molecular complexity index is 563. The minimum Gasteiger partial charge on any atom is -0.566 e. The van der Waals surface area contributed by atoms with E-state index < -0.39 is 23.2 Å². The number of amides is 2. The quantitative estimate of drug-likeness (QED) is 0.431. The van der Waals surface area contributed by atoms with Gasteiger partial charge in [-0.25, -0.2) is 0 Å². The third kappa shape index (κ3) is 7.21. The molecule has 0 saturated carbocycles. The van der Waals surface area contributed by atoms with Gasteiger partial charge in [-0.3, -0.25) is 14.4 Å². The van der Waals surface area contributed by atoms with Crippen molar-refractivity contribution < 1.29 is 29.8 Å². The molecule has 0 aromatic heterocycles. The first-order valence-corrected chi connectivity index (χ1v) is 7.46. The van der Waals surface area contributed by atoms with Gasteiger partial charge in [0.25, 0.3) is 0 Å². The summed E-state index contributed by atoms with van der Waals surface area (Å²) >= 11 is 0.852. The molecule has 10 heteroatoms. The van der Waals surface area contributed by atoms with E-state index in [1.54, 1.807) is 12.1 Å². The Hall–Kier alpha value is -1.98. The van der Waals surface area contributed by atoms with Crippen molar-refractivity contribution in [1.29, 1.82) is 0 Å². The summed E-state index contributed by atoms with van der Waals surface area (Å²) in [5.41, 5.74) is 6.12. The van der Waals surface area contributed by atoms with Gasteiger partial charge in [0.15, 0.2) is 0 Å². The van der Waals surface area contributed by atoms with E-state index in [0.717, 1.165) is 11.8 Å². The Morgan fingerprint density at radius 3 is 2.48 bits per heavy atom. The van der Waals surface area contributed by atoms with Crippen molar-refractivity contribution in [3.8, 4) is 0 Å². The standard InChI is InChI=1S/C13H17N3O6S/c1-8(17)15-11(12(14)18)7-23-13(19)10-4-2-9(3-5-10)6-22-16(20)21/h2-5,11,16,20H,6-7H2,1H3,(H2,14,18)(H,15,17). The van der Waals surface area contributed by atoms with Crippen molar-refractivity contribution in [1.82, 2.24) is 5.32 Å². The summed E-state index contributed by atoms with van der Waals surface area (Å²) < 4.78 is 0. The lowest BCUT2D eigenvalue weighted by molar-refractivity contribution is -1.21. The van der Waals surface area contributed by atoms with Crippen molar-refractivity contribution in [2.75, 3.05) is 5.75 Å². The molecule has 0 fully saturated rings. The number of carbonyl (C=O) groups excluding carboxylic acids is 3. The number of nitrogens with two attached hydrogens (primary N) is 1. The number of benzene rings is 1. The van der Waals surface area contributed by atoms with Crippen LogP contribution in [0.25, 0.3) is 0 Å². The number of primary amides is 1. The Kier molecular flexibility index (Phi) is 7.65. The third-order valence-corrected chi connectivity index (χ3v) is 3.65. The molecule has 0 bridgehead atoms. The van der Waals surface area contributed by atoms with Crippen LogP contribution in [-0.2, 0) is 21.0 Å². The van der Waals surface area contributed by atoms with E-state index in [0.29, 0.717) is 11.1 Å². The average Bonchev–Trinajstić information content (AvgIpc) is 2.49. The minimum atomic E-state index is -1.38. The zero-order valence-electron chi connectivity index (χ0n) is 12.3. The zero-order chi connectivity index (χ0) is 17.4. The van der Waals surface area contributed by atoms with Crippen LogP contribution in [0.4, 0.5) is 0 Å². The molecule has 0 aliphatic carbocycles. The molecule has 2 atom stereocenters. The molecular weight excluding hydrogens is 326 g/mol. The zero-order valence-corrected chi connectivity index (χ0v) is 13.1. The summed E-state index contributed by atoms with van der Waals surface area (Å²) in [6.45, 7) is 1.14. The fourth-order valence-corrected chi connectivity index (χ4v) is 2.43. The molecule has 1 aromatic rings. The molecular formula is C13H17N3O6S. The second-order valence-corrected chi connectivity index (χ2v) is 5.50. The fourth-order valence-electron chi connectivity index (χ4n) is 1.56. The lowest BCUT2D eigenvalue weighted by atomic mass is 10.2. The molecule has 23 heavy (non-hydrogen) atoms. The van der Waals surface area contributed by atoms with Gasteiger partial charge in [0.1, 0.15) is 12.6 Å². The molecule has 1 aromatic carbocycles. The number of carbonyl (C=O) groups is 3. The first-order chi connectivity index (χ1) is 10.8. The Morgan fingerprint density at radius 2 is 2.00 bits per heavy atom. The van der Waals surface area contributed by atoms with E-state index in [1.165, 1.54) is 19.1 Å². The Morgan fingerprint density at radius 1 is 1.39 bits per heavy atom. The normalized spacial score (nSPS) is 13.2. The molecule has 0 aliphatic rings. The van der Waals surface area contributed by atoms with Gasteiger partial charge < -0.3 is 16.3 Å². The van der Waals surface area contributed by atoms with Crippen molar-refractivity contribution in [3.05, 3.63) is 40.6 Å². The number of nitrogens with one attached hydrogen (secondary N) is 2. The van der Waals surface area contributed by atoms with Crippen LogP contribution < -0.4 is 16.4 Å². The highest BCUT2D eigenvalue weighted by atomic mass is 32.2. The van der Waals surface area contributed by atoms with Crippen LogP contribution in [0.5, 0.6) is 0 Å². The number of hydrogen-bond donors (Lipinski definition) is 4. The highest BCUT2D eigenvalue weighted by molar-refractivity contribution is 8.14. The summed E-state index contributed by atoms with van der Waals surface area (Å²) in [4.78, 5) is 38.5. The molecule has 9 nitrogen and oxygen atoms in total. The first-order valence-electron chi connectivity index (χ1n) is 6.47. The van der Waals surface area contributed by atoms with Gasteiger partial charge in [0.05, 0.1) is 0 Å². The highest BCUT2D eigenvalue weighted by Crippen LogP contribution is 2.15. The number of thioether (sulfide) groups is 1. The SMILES string of the molecule is CC(=O)NC(CSC(=O)c1ccc(CO[NH+]([O-])O)cc1)C(N)=O. The molecule has 5 N–H and O–H groups in total. The second-order valence-electron chi connectivity index (χ2n) is 4.51. The number of quaternary nitrogens is 1. The molecule has 2 unspecified atom stereocenters. The molecule has 0 saturated heterocycles. The van der Waals surface area contributed by atoms with Crippen molar-refractivity contribution in [2.45, 2.75) is 19.6 Å². The number of hydrogen-bond acceptors (Lipinski definition) is 7. The van der Waals surface area contributed by atoms with Gasteiger partial charge in [-0.05, 0) is 5.56 Å². The van der Waals surface area contributed by atoms with Crippen molar-refractivity contribution in [3.63, 3.8) is 0 Å². The minimum absolute atomic E-state index is 0.0254.